The van der Waals surface area contributed by atoms with Crippen molar-refractivity contribution in [3.63, 3.8) is 0 Å². The molecule has 0 aliphatic heterocycles. The lowest BCUT2D eigenvalue weighted by Crippen LogP contribution is -2.56. The Morgan fingerprint density at radius 1 is 1.27 bits per heavy atom. The molecule has 0 aromatic heterocycles. The van der Waals surface area contributed by atoms with Crippen molar-refractivity contribution < 1.29 is 24.2 Å². The molecule has 1 atom stereocenters. The fourth-order valence-corrected chi connectivity index (χ4v) is 2.89. The highest BCUT2D eigenvalue weighted by Gasteiger charge is 2.46. The minimum absolute atomic E-state index is 0.0962. The molecule has 120 valence electrons. The molecule has 22 heavy (non-hydrogen) atoms. The van der Waals surface area contributed by atoms with E-state index in [0.29, 0.717) is 12.8 Å². The van der Waals surface area contributed by atoms with Crippen molar-refractivity contribution in [1.82, 2.24) is 5.32 Å². The minimum atomic E-state index is -1.11. The Labute approximate surface area is 129 Å². The third-order valence-corrected chi connectivity index (χ3v) is 4.10. The standard InChI is InChI=1S/C16H21NO5/c1-21-16(9-5-6-10-16)13(14(18)19)17-15(20)22-11-12-7-3-2-4-8-12/h2-4,7-8,13H,5-6,9-11H2,1H3,(H,17,20)(H,18,19). The van der Waals surface area contributed by atoms with Gasteiger partial charge in [-0.25, -0.2) is 9.59 Å². The van der Waals surface area contributed by atoms with E-state index in [2.05, 4.69) is 5.32 Å². The third kappa shape index (κ3) is 3.76. The maximum absolute atomic E-state index is 11.9. The summed E-state index contributed by atoms with van der Waals surface area (Å²) >= 11 is 0. The van der Waals surface area contributed by atoms with Crippen molar-refractivity contribution >= 4 is 12.1 Å². The van der Waals surface area contributed by atoms with Crippen molar-refractivity contribution in [3.8, 4) is 0 Å². The summed E-state index contributed by atoms with van der Waals surface area (Å²) in [6, 6.07) is 8.10. The van der Waals surface area contributed by atoms with E-state index in [1.165, 1.54) is 7.11 Å². The molecule has 2 rings (SSSR count). The molecule has 1 aromatic rings. The molecule has 1 aliphatic rings. The summed E-state index contributed by atoms with van der Waals surface area (Å²) in [6.45, 7) is 0.0962. The molecule has 1 aliphatic carbocycles. The second-order valence-electron chi connectivity index (χ2n) is 5.45. The van der Waals surface area contributed by atoms with Crippen molar-refractivity contribution in [1.29, 1.82) is 0 Å². The van der Waals surface area contributed by atoms with Gasteiger partial charge in [-0.3, -0.25) is 0 Å². The van der Waals surface area contributed by atoms with Crippen LogP contribution in [0.1, 0.15) is 31.2 Å². The number of ether oxygens (including phenoxy) is 2. The van der Waals surface area contributed by atoms with Crippen LogP contribution in [0.15, 0.2) is 30.3 Å². The Morgan fingerprint density at radius 2 is 1.91 bits per heavy atom. The Bertz CT molecular complexity index is 511. The van der Waals surface area contributed by atoms with Gasteiger partial charge in [0.05, 0.1) is 5.60 Å². The van der Waals surface area contributed by atoms with Gasteiger partial charge in [-0.1, -0.05) is 43.2 Å². The fraction of sp³-hybridized carbons (Fsp3) is 0.500. The molecule has 1 fully saturated rings. The largest absolute Gasteiger partial charge is 0.480 e. The normalized spacial score (nSPS) is 17.7. The van der Waals surface area contributed by atoms with Crippen molar-refractivity contribution in [3.05, 3.63) is 35.9 Å². The van der Waals surface area contributed by atoms with Gasteiger partial charge in [0, 0.05) is 7.11 Å². The van der Waals surface area contributed by atoms with E-state index in [9.17, 15) is 14.7 Å². The lowest BCUT2D eigenvalue weighted by molar-refractivity contribution is -0.149. The SMILES string of the molecule is COC1(C(NC(=O)OCc2ccccc2)C(=O)O)CCCC1. The van der Waals surface area contributed by atoms with Gasteiger partial charge < -0.3 is 19.9 Å². The first-order valence-electron chi connectivity index (χ1n) is 7.32. The van der Waals surface area contributed by atoms with Crippen LogP contribution >= 0.6 is 0 Å². The molecule has 1 unspecified atom stereocenters. The Hall–Kier alpha value is -2.08. The monoisotopic (exact) mass is 307 g/mol. The van der Waals surface area contributed by atoms with E-state index in [1.54, 1.807) is 0 Å². The quantitative estimate of drug-likeness (QED) is 0.842. The van der Waals surface area contributed by atoms with Gasteiger partial charge in [0.15, 0.2) is 6.04 Å². The molecule has 0 bridgehead atoms. The summed E-state index contributed by atoms with van der Waals surface area (Å²) < 4.78 is 10.5. The van der Waals surface area contributed by atoms with E-state index < -0.39 is 23.7 Å². The molecule has 0 saturated heterocycles. The predicted octanol–water partition coefficient (Wildman–Crippen LogP) is 2.33. The van der Waals surface area contributed by atoms with Crippen LogP contribution in [0.5, 0.6) is 0 Å². The van der Waals surface area contributed by atoms with Crippen molar-refractivity contribution in [2.45, 2.75) is 43.9 Å². The molecule has 0 heterocycles. The maximum atomic E-state index is 11.9. The van der Waals surface area contributed by atoms with Crippen LogP contribution in [0.4, 0.5) is 4.79 Å². The highest BCUT2D eigenvalue weighted by atomic mass is 16.6. The predicted molar refractivity (Wildman–Crippen MR) is 79.4 cm³/mol. The van der Waals surface area contributed by atoms with Gasteiger partial charge in [-0.2, -0.15) is 0 Å². The molecular weight excluding hydrogens is 286 g/mol. The zero-order valence-corrected chi connectivity index (χ0v) is 12.6. The number of nitrogens with one attached hydrogen (secondary N) is 1. The van der Waals surface area contributed by atoms with Crippen molar-refractivity contribution in [2.24, 2.45) is 0 Å². The van der Waals surface area contributed by atoms with Crippen LogP contribution < -0.4 is 5.32 Å². The van der Waals surface area contributed by atoms with Crippen LogP contribution in [0.3, 0.4) is 0 Å². The van der Waals surface area contributed by atoms with Gasteiger partial charge >= 0.3 is 12.1 Å². The summed E-state index contributed by atoms with van der Waals surface area (Å²) in [6.07, 6.45) is 2.25. The van der Waals surface area contributed by atoms with E-state index in [-0.39, 0.29) is 6.61 Å². The van der Waals surface area contributed by atoms with E-state index in [0.717, 1.165) is 18.4 Å². The van der Waals surface area contributed by atoms with Crippen LogP contribution in [0.2, 0.25) is 0 Å². The van der Waals surface area contributed by atoms with Crippen LogP contribution in [0, 0.1) is 0 Å². The molecule has 2 N–H and O–H groups in total. The van der Waals surface area contributed by atoms with E-state index in [1.807, 2.05) is 30.3 Å². The Balaban J connectivity index is 1.96. The highest BCUT2D eigenvalue weighted by Crippen LogP contribution is 2.35. The summed E-state index contributed by atoms with van der Waals surface area (Å²) in [5.41, 5.74) is -0.00993. The number of carbonyl (C=O) groups excluding carboxylic acids is 1. The Kier molecular flexibility index (Phi) is 5.38. The zero-order valence-electron chi connectivity index (χ0n) is 12.6. The van der Waals surface area contributed by atoms with E-state index in [4.69, 9.17) is 9.47 Å². The Morgan fingerprint density at radius 3 is 2.45 bits per heavy atom. The average molecular weight is 307 g/mol. The molecule has 6 heteroatoms. The van der Waals surface area contributed by atoms with Gasteiger partial charge in [-0.15, -0.1) is 0 Å². The molecule has 1 aromatic carbocycles. The lowest BCUT2D eigenvalue weighted by Gasteiger charge is -2.33. The molecule has 0 spiro atoms. The molecule has 6 nitrogen and oxygen atoms in total. The number of rotatable bonds is 6. The molecule has 1 saturated carbocycles. The summed E-state index contributed by atoms with van der Waals surface area (Å²) in [7, 11) is 1.48. The average Bonchev–Trinajstić information content (AvgIpc) is 3.01. The topological polar surface area (TPSA) is 84.9 Å². The first kappa shape index (κ1) is 16.3. The van der Waals surface area contributed by atoms with Gasteiger partial charge in [0.1, 0.15) is 6.61 Å². The number of alkyl carbamates (subject to hydrolysis) is 1. The molecule has 1 amide bonds. The maximum Gasteiger partial charge on any atom is 0.408 e. The summed E-state index contributed by atoms with van der Waals surface area (Å²) in [4.78, 5) is 23.4. The van der Waals surface area contributed by atoms with E-state index >= 15 is 0 Å². The molecule has 0 radical (unpaired) electrons. The fourth-order valence-electron chi connectivity index (χ4n) is 2.89. The lowest BCUT2D eigenvalue weighted by atomic mass is 9.92. The summed E-state index contributed by atoms with van der Waals surface area (Å²) in [5, 5.41) is 11.8. The first-order valence-corrected chi connectivity index (χ1v) is 7.32. The van der Waals surface area contributed by atoms with Crippen LogP contribution in [0.25, 0.3) is 0 Å². The summed E-state index contributed by atoms with van der Waals surface area (Å²) in [5.74, 6) is -1.11. The highest BCUT2D eigenvalue weighted by molar-refractivity contribution is 5.81. The third-order valence-electron chi connectivity index (χ3n) is 4.10. The smallest absolute Gasteiger partial charge is 0.408 e. The van der Waals surface area contributed by atoms with Gasteiger partial charge in [-0.05, 0) is 18.4 Å². The second-order valence-corrected chi connectivity index (χ2v) is 5.45. The number of carboxylic acid groups (broad SMARTS) is 1. The number of hydrogen-bond acceptors (Lipinski definition) is 4. The number of aliphatic carboxylic acids is 1. The number of benzene rings is 1. The zero-order chi connectivity index (χ0) is 16.0. The molecular formula is C16H21NO5. The number of carbonyl (C=O) groups is 2. The van der Waals surface area contributed by atoms with Crippen LogP contribution in [-0.4, -0.2) is 35.9 Å². The number of amides is 1. The van der Waals surface area contributed by atoms with Crippen molar-refractivity contribution in [2.75, 3.05) is 7.11 Å². The second kappa shape index (κ2) is 7.26. The number of carboxylic acids is 1. The van der Waals surface area contributed by atoms with Crippen LogP contribution in [-0.2, 0) is 20.9 Å². The first-order chi connectivity index (χ1) is 10.6. The minimum Gasteiger partial charge on any atom is -0.480 e. The van der Waals surface area contributed by atoms with Gasteiger partial charge in [0.25, 0.3) is 0 Å². The number of hydrogen-bond donors (Lipinski definition) is 2. The number of methoxy groups -OCH3 is 1. The van der Waals surface area contributed by atoms with Gasteiger partial charge in [0.2, 0.25) is 0 Å².